The van der Waals surface area contributed by atoms with Crippen LogP contribution in [0.2, 0.25) is 0 Å². The molecule has 5 heteroatoms. The number of hydrogen-bond acceptors (Lipinski definition) is 4. The van der Waals surface area contributed by atoms with Crippen LogP contribution < -0.4 is 5.73 Å². The van der Waals surface area contributed by atoms with Gasteiger partial charge in [-0.1, -0.05) is 26.7 Å². The summed E-state index contributed by atoms with van der Waals surface area (Å²) in [6.07, 6.45) is 2.05. The number of hydrogen-bond donors (Lipinski definition) is 1. The second kappa shape index (κ2) is 5.52. The van der Waals surface area contributed by atoms with Crippen molar-refractivity contribution in [2.45, 2.75) is 31.9 Å². The molecular formula is C13H18N2O2S. The maximum atomic E-state index is 12.2. The molecule has 1 aromatic heterocycles. The minimum atomic E-state index is -1.17. The van der Waals surface area contributed by atoms with Crippen molar-refractivity contribution in [3.05, 3.63) is 18.2 Å². The minimum Gasteiger partial charge on any atom is -0.430 e. The highest BCUT2D eigenvalue weighted by molar-refractivity contribution is 7.84. The van der Waals surface area contributed by atoms with Crippen LogP contribution in [0.3, 0.4) is 0 Å². The summed E-state index contributed by atoms with van der Waals surface area (Å²) in [7, 11) is -1.17. The normalized spacial score (nSPS) is 13.3. The molecular weight excluding hydrogens is 248 g/mol. The first kappa shape index (κ1) is 13.1. The number of oxazole rings is 1. The van der Waals surface area contributed by atoms with Crippen molar-refractivity contribution in [2.24, 2.45) is 5.92 Å². The van der Waals surface area contributed by atoms with E-state index in [1.165, 1.54) is 0 Å². The molecule has 0 saturated carbocycles. The lowest BCUT2D eigenvalue weighted by atomic mass is 10.1. The van der Waals surface area contributed by atoms with Crippen LogP contribution in [-0.4, -0.2) is 14.9 Å². The molecule has 1 aromatic carbocycles. The predicted molar refractivity (Wildman–Crippen MR) is 73.8 cm³/mol. The number of nitrogens with two attached hydrogens (primary N) is 1. The van der Waals surface area contributed by atoms with Crippen molar-refractivity contribution in [3.63, 3.8) is 0 Å². The average Bonchev–Trinajstić information content (AvgIpc) is 2.78. The van der Waals surface area contributed by atoms with Gasteiger partial charge < -0.3 is 10.2 Å². The molecule has 0 aliphatic carbocycles. The monoisotopic (exact) mass is 266 g/mol. The lowest BCUT2D eigenvalue weighted by Gasteiger charge is -2.08. The number of anilines is 1. The Morgan fingerprint density at radius 2 is 2.11 bits per heavy atom. The molecule has 1 atom stereocenters. The van der Waals surface area contributed by atoms with E-state index in [2.05, 4.69) is 18.8 Å². The Bertz CT molecular complexity index is 561. The summed E-state index contributed by atoms with van der Waals surface area (Å²) in [5, 5.41) is 0.308. The van der Waals surface area contributed by atoms with E-state index in [4.69, 9.17) is 10.2 Å². The van der Waals surface area contributed by atoms with Gasteiger partial charge in [0.1, 0.15) is 16.3 Å². The standard InChI is InChI=1S/C13H18N2O2S/c1-3-9(4-2)8-18(16)13-15-11-7-10(14)5-6-12(11)17-13/h5-7,9H,3-4,8,14H2,1-2H3. The zero-order valence-corrected chi connectivity index (χ0v) is 11.5. The molecule has 2 aromatic rings. The van der Waals surface area contributed by atoms with Gasteiger partial charge in [-0.2, -0.15) is 0 Å². The highest BCUT2D eigenvalue weighted by Gasteiger charge is 2.16. The van der Waals surface area contributed by atoms with E-state index < -0.39 is 10.8 Å². The van der Waals surface area contributed by atoms with Crippen LogP contribution in [0.15, 0.2) is 27.8 Å². The number of aromatic nitrogens is 1. The largest absolute Gasteiger partial charge is 0.430 e. The highest BCUT2D eigenvalue weighted by atomic mass is 32.2. The number of benzene rings is 1. The fraction of sp³-hybridized carbons (Fsp3) is 0.462. The van der Waals surface area contributed by atoms with Crippen LogP contribution in [-0.2, 0) is 10.8 Å². The molecule has 2 N–H and O–H groups in total. The van der Waals surface area contributed by atoms with Crippen LogP contribution in [0.5, 0.6) is 0 Å². The van der Waals surface area contributed by atoms with Gasteiger partial charge in [0.05, 0.1) is 0 Å². The third kappa shape index (κ3) is 2.72. The number of nitrogens with zero attached hydrogens (tertiary/aromatic N) is 1. The first-order valence-corrected chi connectivity index (χ1v) is 7.50. The second-order valence-electron chi connectivity index (χ2n) is 4.40. The fourth-order valence-corrected chi connectivity index (χ4v) is 3.26. The molecule has 98 valence electrons. The van der Waals surface area contributed by atoms with E-state index in [1.807, 2.05) is 0 Å². The van der Waals surface area contributed by atoms with Gasteiger partial charge in [0.15, 0.2) is 5.58 Å². The molecule has 0 aliphatic rings. The molecule has 0 aliphatic heterocycles. The van der Waals surface area contributed by atoms with Crippen LogP contribution in [0.25, 0.3) is 11.1 Å². The van der Waals surface area contributed by atoms with E-state index in [-0.39, 0.29) is 0 Å². The van der Waals surface area contributed by atoms with Crippen molar-refractivity contribution < 1.29 is 8.63 Å². The van der Waals surface area contributed by atoms with Crippen LogP contribution in [0.1, 0.15) is 26.7 Å². The van der Waals surface area contributed by atoms with Crippen molar-refractivity contribution in [1.82, 2.24) is 4.98 Å². The minimum absolute atomic E-state index is 0.308. The first-order chi connectivity index (χ1) is 8.63. The van der Waals surface area contributed by atoms with Crippen molar-refractivity contribution in [3.8, 4) is 0 Å². The summed E-state index contributed by atoms with van der Waals surface area (Å²) in [4.78, 5) is 4.25. The zero-order valence-electron chi connectivity index (χ0n) is 10.7. The van der Waals surface area contributed by atoms with Gasteiger partial charge in [0.2, 0.25) is 0 Å². The SMILES string of the molecule is CCC(CC)CS(=O)c1nc2cc(N)ccc2o1. The predicted octanol–water partition coefficient (Wildman–Crippen LogP) is 2.95. The third-order valence-corrected chi connectivity index (χ3v) is 4.47. The van der Waals surface area contributed by atoms with E-state index in [9.17, 15) is 4.21 Å². The summed E-state index contributed by atoms with van der Waals surface area (Å²) in [5.41, 5.74) is 7.61. The van der Waals surface area contributed by atoms with Gasteiger partial charge >= 0.3 is 0 Å². The Labute approximate surface area is 109 Å². The van der Waals surface area contributed by atoms with Gasteiger partial charge in [-0.3, -0.25) is 0 Å². The van der Waals surface area contributed by atoms with Crippen LogP contribution in [0.4, 0.5) is 5.69 Å². The smallest absolute Gasteiger partial charge is 0.287 e. The highest BCUT2D eigenvalue weighted by Crippen LogP contribution is 2.21. The number of fused-ring (bicyclic) bond motifs is 1. The Kier molecular flexibility index (Phi) is 4.01. The summed E-state index contributed by atoms with van der Waals surface area (Å²) in [5.74, 6) is 1.06. The lowest BCUT2D eigenvalue weighted by molar-refractivity contribution is 0.471. The zero-order chi connectivity index (χ0) is 13.1. The molecule has 1 unspecified atom stereocenters. The fourth-order valence-electron chi connectivity index (χ4n) is 1.83. The summed E-state index contributed by atoms with van der Waals surface area (Å²) >= 11 is 0. The van der Waals surface area contributed by atoms with Gasteiger partial charge in [-0.15, -0.1) is 0 Å². The Hall–Kier alpha value is -1.36. The van der Waals surface area contributed by atoms with E-state index in [1.54, 1.807) is 18.2 Å². The molecule has 4 nitrogen and oxygen atoms in total. The van der Waals surface area contributed by atoms with Gasteiger partial charge in [0.25, 0.3) is 5.22 Å². The number of rotatable bonds is 5. The van der Waals surface area contributed by atoms with Crippen LogP contribution >= 0.6 is 0 Å². The molecule has 0 radical (unpaired) electrons. The molecule has 1 heterocycles. The first-order valence-electron chi connectivity index (χ1n) is 6.18. The van der Waals surface area contributed by atoms with E-state index in [0.717, 1.165) is 12.8 Å². The number of nitrogen functional groups attached to an aromatic ring is 1. The Morgan fingerprint density at radius 3 is 2.78 bits per heavy atom. The van der Waals surface area contributed by atoms with Gasteiger partial charge in [-0.05, 0) is 24.1 Å². The maximum Gasteiger partial charge on any atom is 0.287 e. The molecule has 18 heavy (non-hydrogen) atoms. The molecule has 0 fully saturated rings. The molecule has 0 spiro atoms. The van der Waals surface area contributed by atoms with Crippen molar-refractivity contribution in [2.75, 3.05) is 11.5 Å². The third-order valence-electron chi connectivity index (χ3n) is 3.13. The summed E-state index contributed by atoms with van der Waals surface area (Å²) < 4.78 is 17.7. The quantitative estimate of drug-likeness (QED) is 0.845. The van der Waals surface area contributed by atoms with Gasteiger partial charge in [0, 0.05) is 11.4 Å². The lowest BCUT2D eigenvalue weighted by Crippen LogP contribution is -2.09. The Morgan fingerprint density at radius 1 is 1.39 bits per heavy atom. The Balaban J connectivity index is 2.23. The summed E-state index contributed by atoms with van der Waals surface area (Å²) in [6, 6.07) is 5.24. The van der Waals surface area contributed by atoms with Crippen LogP contribution in [0, 0.1) is 5.92 Å². The van der Waals surface area contributed by atoms with Crippen molar-refractivity contribution in [1.29, 1.82) is 0 Å². The van der Waals surface area contributed by atoms with E-state index >= 15 is 0 Å². The molecule has 0 saturated heterocycles. The second-order valence-corrected chi connectivity index (χ2v) is 5.78. The average molecular weight is 266 g/mol. The molecule has 2 rings (SSSR count). The van der Waals surface area contributed by atoms with Crippen molar-refractivity contribution >= 4 is 27.6 Å². The molecule has 0 bridgehead atoms. The molecule has 0 amide bonds. The topological polar surface area (TPSA) is 69.1 Å². The van der Waals surface area contributed by atoms with E-state index in [0.29, 0.717) is 33.7 Å². The summed E-state index contributed by atoms with van der Waals surface area (Å²) in [6.45, 7) is 4.22. The van der Waals surface area contributed by atoms with Gasteiger partial charge in [-0.25, -0.2) is 9.19 Å². The maximum absolute atomic E-state index is 12.2.